The zero-order valence-corrected chi connectivity index (χ0v) is 17.7. The summed E-state index contributed by atoms with van der Waals surface area (Å²) in [6.45, 7) is 6.51. The molecule has 9 heteroatoms. The van der Waals surface area contributed by atoms with Crippen LogP contribution in [0.15, 0.2) is 23.2 Å². The first-order chi connectivity index (χ1) is 13.6. The number of amides is 1. The molecule has 1 aliphatic rings. The molecular weight excluding hydrogens is 396 g/mol. The largest absolute Gasteiger partial charge is 0.486 e. The third-order valence-corrected chi connectivity index (χ3v) is 6.19. The lowest BCUT2D eigenvalue weighted by Gasteiger charge is -2.18. The van der Waals surface area contributed by atoms with Crippen LogP contribution in [0.3, 0.4) is 0 Å². The topological polar surface area (TPSA) is 70.6 Å². The molecule has 1 amide bonds. The number of hydrogen-bond acceptors (Lipinski definition) is 6. The number of carbonyl (C=O) groups excluding carboxylic acids is 1. The fraction of sp³-hybridized carbons (Fsp3) is 0.421. The van der Waals surface area contributed by atoms with Gasteiger partial charge in [-0.3, -0.25) is 9.48 Å². The molecule has 1 aromatic carbocycles. The zero-order chi connectivity index (χ0) is 19.7. The van der Waals surface area contributed by atoms with Gasteiger partial charge < -0.3 is 14.0 Å². The van der Waals surface area contributed by atoms with Crippen LogP contribution < -0.4 is 14.3 Å². The number of ether oxygens (including phenoxy) is 2. The van der Waals surface area contributed by atoms with Crippen molar-refractivity contribution in [1.82, 2.24) is 14.3 Å². The van der Waals surface area contributed by atoms with Crippen LogP contribution in [-0.4, -0.2) is 45.5 Å². The van der Waals surface area contributed by atoms with E-state index < -0.39 is 0 Å². The predicted molar refractivity (Wildman–Crippen MR) is 112 cm³/mol. The summed E-state index contributed by atoms with van der Waals surface area (Å²) in [5, 5.41) is 4.36. The molecule has 0 bridgehead atoms. The molecule has 0 unspecified atom stereocenters. The lowest BCUT2D eigenvalue weighted by atomic mass is 10.2. The monoisotopic (exact) mass is 418 g/mol. The van der Waals surface area contributed by atoms with Crippen LogP contribution in [0.5, 0.6) is 11.5 Å². The van der Waals surface area contributed by atoms with Crippen molar-refractivity contribution in [2.24, 2.45) is 4.99 Å². The molecule has 7 nitrogen and oxygen atoms in total. The average Bonchev–Trinajstić information content (AvgIpc) is 3.24. The summed E-state index contributed by atoms with van der Waals surface area (Å²) in [7, 11) is 0. The lowest BCUT2D eigenvalue weighted by molar-refractivity contribution is 0.0992. The van der Waals surface area contributed by atoms with E-state index in [4.69, 9.17) is 9.47 Å². The van der Waals surface area contributed by atoms with Gasteiger partial charge in [0.2, 0.25) is 0 Å². The number of carbonyl (C=O) groups is 1. The molecule has 0 saturated carbocycles. The van der Waals surface area contributed by atoms with Crippen molar-refractivity contribution in [3.05, 3.63) is 34.4 Å². The van der Waals surface area contributed by atoms with E-state index in [1.54, 1.807) is 22.5 Å². The van der Waals surface area contributed by atoms with Crippen molar-refractivity contribution in [2.75, 3.05) is 25.2 Å². The van der Waals surface area contributed by atoms with Crippen LogP contribution in [0.4, 0.5) is 0 Å². The van der Waals surface area contributed by atoms with Crippen LogP contribution in [0.1, 0.15) is 23.1 Å². The maximum absolute atomic E-state index is 12.8. The summed E-state index contributed by atoms with van der Waals surface area (Å²) in [6, 6.07) is 5.75. The number of thiazole rings is 1. The summed E-state index contributed by atoms with van der Waals surface area (Å²) in [5.41, 5.74) is 2.33. The standard InChI is InChI=1S/C19H22N4O3S2/c1-4-23-12(2)9-13(21-23)18(24)20-19-22(5-8-27-3)14-10-15-16(11-17(14)28-19)26-7-6-25-15/h9-11H,4-8H2,1-3H3. The van der Waals surface area contributed by atoms with Crippen molar-refractivity contribution in [2.45, 2.75) is 26.9 Å². The van der Waals surface area contributed by atoms with Gasteiger partial charge in [-0.2, -0.15) is 21.9 Å². The Balaban J connectivity index is 1.81. The lowest BCUT2D eigenvalue weighted by Crippen LogP contribution is -2.19. The molecule has 0 N–H and O–H groups in total. The molecule has 0 atom stereocenters. The molecule has 0 spiro atoms. The van der Waals surface area contributed by atoms with Crippen molar-refractivity contribution in [3.8, 4) is 11.5 Å². The van der Waals surface area contributed by atoms with E-state index in [0.717, 1.165) is 46.3 Å². The first kappa shape index (κ1) is 19.1. The molecule has 3 aromatic rings. The normalized spacial score (nSPS) is 14.0. The van der Waals surface area contributed by atoms with E-state index >= 15 is 0 Å². The highest BCUT2D eigenvalue weighted by Crippen LogP contribution is 2.35. The van der Waals surface area contributed by atoms with Gasteiger partial charge in [-0.25, -0.2) is 0 Å². The summed E-state index contributed by atoms with van der Waals surface area (Å²) in [6.07, 6.45) is 2.07. The molecule has 4 rings (SSSR count). The van der Waals surface area contributed by atoms with E-state index in [1.165, 1.54) is 11.3 Å². The third-order valence-electron chi connectivity index (χ3n) is 4.56. The van der Waals surface area contributed by atoms with Crippen molar-refractivity contribution in [1.29, 1.82) is 0 Å². The second-order valence-electron chi connectivity index (χ2n) is 6.40. The zero-order valence-electron chi connectivity index (χ0n) is 16.1. The average molecular weight is 419 g/mol. The minimum atomic E-state index is -0.322. The molecule has 0 aliphatic carbocycles. The van der Waals surface area contributed by atoms with Crippen LogP contribution in [0, 0.1) is 6.92 Å². The Morgan fingerprint density at radius 1 is 1.29 bits per heavy atom. The Labute approximate surface area is 171 Å². The van der Waals surface area contributed by atoms with E-state index in [1.807, 2.05) is 26.0 Å². The highest BCUT2D eigenvalue weighted by atomic mass is 32.2. The van der Waals surface area contributed by atoms with Crippen LogP contribution in [0.2, 0.25) is 0 Å². The molecular formula is C19H22N4O3S2. The fourth-order valence-electron chi connectivity index (χ4n) is 3.17. The second kappa shape index (κ2) is 8.00. The van der Waals surface area contributed by atoms with Crippen LogP contribution in [0.25, 0.3) is 10.2 Å². The predicted octanol–water partition coefficient (Wildman–Crippen LogP) is 3.10. The SMILES string of the molecule is CCn1nc(C(=O)N=c2sc3cc4c(cc3n2CCSC)OCCO4)cc1C. The van der Waals surface area contributed by atoms with Gasteiger partial charge in [-0.05, 0) is 26.2 Å². The Kier molecular flexibility index (Phi) is 5.45. The van der Waals surface area contributed by atoms with E-state index in [-0.39, 0.29) is 5.91 Å². The van der Waals surface area contributed by atoms with Crippen molar-refractivity contribution >= 4 is 39.2 Å². The van der Waals surface area contributed by atoms with Gasteiger partial charge in [0.1, 0.15) is 13.2 Å². The number of benzene rings is 1. The van der Waals surface area contributed by atoms with Gasteiger partial charge in [-0.1, -0.05) is 11.3 Å². The maximum atomic E-state index is 12.8. The first-order valence-electron chi connectivity index (χ1n) is 9.16. The summed E-state index contributed by atoms with van der Waals surface area (Å²) in [5.74, 6) is 2.08. The number of aromatic nitrogens is 3. The van der Waals surface area contributed by atoms with Gasteiger partial charge in [0.05, 0.1) is 10.2 Å². The van der Waals surface area contributed by atoms with Crippen LogP contribution >= 0.6 is 23.1 Å². The maximum Gasteiger partial charge on any atom is 0.300 e. The van der Waals surface area contributed by atoms with E-state index in [9.17, 15) is 4.79 Å². The number of hydrogen-bond donors (Lipinski definition) is 0. The number of fused-ring (bicyclic) bond motifs is 2. The number of nitrogens with zero attached hydrogens (tertiary/aromatic N) is 4. The molecule has 3 heterocycles. The van der Waals surface area contributed by atoms with E-state index in [2.05, 4.69) is 20.9 Å². The number of rotatable bonds is 5. The highest BCUT2D eigenvalue weighted by molar-refractivity contribution is 7.98. The molecule has 0 saturated heterocycles. The Morgan fingerprint density at radius 2 is 2.04 bits per heavy atom. The minimum absolute atomic E-state index is 0.322. The van der Waals surface area contributed by atoms with Gasteiger partial charge in [-0.15, -0.1) is 0 Å². The Bertz CT molecular complexity index is 1100. The van der Waals surface area contributed by atoms with Gasteiger partial charge in [0.25, 0.3) is 5.91 Å². The van der Waals surface area contributed by atoms with Gasteiger partial charge in [0, 0.05) is 36.7 Å². The first-order valence-corrected chi connectivity index (χ1v) is 11.4. The third kappa shape index (κ3) is 3.56. The summed E-state index contributed by atoms with van der Waals surface area (Å²) in [4.78, 5) is 17.8. The van der Waals surface area contributed by atoms with Crippen molar-refractivity contribution < 1.29 is 14.3 Å². The minimum Gasteiger partial charge on any atom is -0.486 e. The molecule has 148 valence electrons. The Hall–Kier alpha value is -2.26. The summed E-state index contributed by atoms with van der Waals surface area (Å²) < 4.78 is 16.3. The summed E-state index contributed by atoms with van der Waals surface area (Å²) >= 11 is 3.24. The number of aryl methyl sites for hydroxylation is 3. The van der Waals surface area contributed by atoms with Gasteiger partial charge >= 0.3 is 0 Å². The van der Waals surface area contributed by atoms with Crippen LogP contribution in [-0.2, 0) is 13.1 Å². The van der Waals surface area contributed by atoms with Crippen molar-refractivity contribution in [3.63, 3.8) is 0 Å². The molecule has 2 aromatic heterocycles. The van der Waals surface area contributed by atoms with Gasteiger partial charge in [0.15, 0.2) is 22.0 Å². The van der Waals surface area contributed by atoms with E-state index in [0.29, 0.717) is 23.7 Å². The molecule has 1 aliphatic heterocycles. The highest BCUT2D eigenvalue weighted by Gasteiger charge is 2.17. The quantitative estimate of drug-likeness (QED) is 0.637. The fourth-order valence-corrected chi connectivity index (χ4v) is 4.60. The molecule has 0 radical (unpaired) electrons. The molecule has 28 heavy (non-hydrogen) atoms. The second-order valence-corrected chi connectivity index (χ2v) is 8.39. The smallest absolute Gasteiger partial charge is 0.300 e. The molecule has 0 fully saturated rings. The Morgan fingerprint density at radius 3 is 2.71 bits per heavy atom. The number of thioether (sulfide) groups is 1.